The predicted octanol–water partition coefficient (Wildman–Crippen LogP) is 1.95. The van der Waals surface area contributed by atoms with E-state index in [-0.39, 0.29) is 5.88 Å². The number of hydrogen-bond acceptors (Lipinski definition) is 6. The standard InChI is InChI=1S/C16H16N4O3/c1-8-13-14(9-4-10(21-2)6-11(5-9)22-3)12(7-17)15(18)23-16(13)20-19-8/h4-6,14H,18H2,1-3H3,(H,19,20). The lowest BCUT2D eigenvalue weighted by atomic mass is 9.84. The van der Waals surface area contributed by atoms with Crippen LogP contribution in [0, 0.1) is 18.3 Å². The number of aromatic nitrogens is 2. The van der Waals surface area contributed by atoms with Crippen molar-refractivity contribution in [2.75, 3.05) is 14.2 Å². The van der Waals surface area contributed by atoms with Gasteiger partial charge in [0.05, 0.1) is 20.1 Å². The van der Waals surface area contributed by atoms with Gasteiger partial charge in [0.25, 0.3) is 0 Å². The third kappa shape index (κ3) is 2.34. The summed E-state index contributed by atoms with van der Waals surface area (Å²) in [7, 11) is 3.15. The minimum absolute atomic E-state index is 0.0540. The molecule has 23 heavy (non-hydrogen) atoms. The maximum Gasteiger partial charge on any atom is 0.244 e. The van der Waals surface area contributed by atoms with Crippen molar-refractivity contribution in [1.82, 2.24) is 10.2 Å². The average Bonchev–Trinajstić information content (AvgIpc) is 2.93. The highest BCUT2D eigenvalue weighted by molar-refractivity contribution is 5.57. The third-order valence-corrected chi connectivity index (χ3v) is 3.84. The fraction of sp³-hybridized carbons (Fsp3) is 0.250. The fourth-order valence-electron chi connectivity index (χ4n) is 2.73. The summed E-state index contributed by atoms with van der Waals surface area (Å²) in [5, 5.41) is 16.5. The number of H-pyrrole nitrogens is 1. The largest absolute Gasteiger partial charge is 0.497 e. The highest BCUT2D eigenvalue weighted by atomic mass is 16.5. The van der Waals surface area contributed by atoms with Gasteiger partial charge in [-0.25, -0.2) is 0 Å². The summed E-state index contributed by atoms with van der Waals surface area (Å²) in [5.41, 5.74) is 8.64. The fourth-order valence-corrected chi connectivity index (χ4v) is 2.73. The number of fused-ring (bicyclic) bond motifs is 1. The second-order valence-electron chi connectivity index (χ2n) is 5.14. The molecule has 3 rings (SSSR count). The zero-order valence-electron chi connectivity index (χ0n) is 13.0. The normalized spacial score (nSPS) is 16.3. The van der Waals surface area contributed by atoms with E-state index in [9.17, 15) is 5.26 Å². The Bertz CT molecular complexity index is 810. The van der Waals surface area contributed by atoms with Crippen LogP contribution in [0.3, 0.4) is 0 Å². The topological polar surface area (TPSA) is 106 Å². The Hall–Kier alpha value is -3.14. The molecule has 1 atom stereocenters. The monoisotopic (exact) mass is 312 g/mol. The number of nitriles is 1. The Morgan fingerprint density at radius 2 is 1.91 bits per heavy atom. The zero-order chi connectivity index (χ0) is 16.6. The second kappa shape index (κ2) is 5.57. The quantitative estimate of drug-likeness (QED) is 0.897. The van der Waals surface area contributed by atoms with Gasteiger partial charge in [-0.1, -0.05) is 0 Å². The van der Waals surface area contributed by atoms with E-state index in [4.69, 9.17) is 19.9 Å². The summed E-state index contributed by atoms with van der Waals surface area (Å²) >= 11 is 0. The molecule has 3 N–H and O–H groups in total. The summed E-state index contributed by atoms with van der Waals surface area (Å²) in [6.45, 7) is 1.87. The highest BCUT2D eigenvalue weighted by Gasteiger charge is 2.34. The van der Waals surface area contributed by atoms with Gasteiger partial charge >= 0.3 is 0 Å². The molecular weight excluding hydrogens is 296 g/mol. The molecule has 0 bridgehead atoms. The van der Waals surface area contributed by atoms with Gasteiger partial charge in [-0.05, 0) is 24.6 Å². The molecule has 1 aliphatic rings. The van der Waals surface area contributed by atoms with E-state index in [0.717, 1.165) is 16.8 Å². The first kappa shape index (κ1) is 14.8. The van der Waals surface area contributed by atoms with Crippen molar-refractivity contribution < 1.29 is 14.2 Å². The Labute approximate surface area is 133 Å². The van der Waals surface area contributed by atoms with Crippen LogP contribution < -0.4 is 19.9 Å². The molecule has 0 aliphatic carbocycles. The molecule has 2 aromatic rings. The summed E-state index contributed by atoms with van der Waals surface area (Å²) in [4.78, 5) is 0. The number of benzene rings is 1. The van der Waals surface area contributed by atoms with Crippen molar-refractivity contribution in [3.05, 3.63) is 46.5 Å². The number of nitrogens with two attached hydrogens (primary N) is 1. The molecule has 0 radical (unpaired) electrons. The van der Waals surface area contributed by atoms with Crippen molar-refractivity contribution >= 4 is 0 Å². The van der Waals surface area contributed by atoms with E-state index in [0.29, 0.717) is 23.0 Å². The molecule has 7 nitrogen and oxygen atoms in total. The van der Waals surface area contributed by atoms with Gasteiger partial charge in [0.15, 0.2) is 0 Å². The Balaban J connectivity index is 2.24. The predicted molar refractivity (Wildman–Crippen MR) is 82.2 cm³/mol. The van der Waals surface area contributed by atoms with Gasteiger partial charge in [-0.15, -0.1) is 5.10 Å². The van der Waals surface area contributed by atoms with E-state index in [2.05, 4.69) is 16.3 Å². The number of ether oxygens (including phenoxy) is 3. The number of nitrogens with one attached hydrogen (secondary N) is 1. The summed E-state index contributed by atoms with van der Waals surface area (Å²) in [6.07, 6.45) is 0. The lowest BCUT2D eigenvalue weighted by Gasteiger charge is -2.24. The van der Waals surface area contributed by atoms with Crippen molar-refractivity contribution in [1.29, 1.82) is 5.26 Å². The van der Waals surface area contributed by atoms with Crippen LogP contribution >= 0.6 is 0 Å². The van der Waals surface area contributed by atoms with Crippen molar-refractivity contribution in [2.24, 2.45) is 5.73 Å². The van der Waals surface area contributed by atoms with Crippen LogP contribution in [0.4, 0.5) is 0 Å². The summed E-state index contributed by atoms with van der Waals surface area (Å²) < 4.78 is 16.1. The molecule has 1 unspecified atom stereocenters. The van der Waals surface area contributed by atoms with E-state index in [1.54, 1.807) is 20.3 Å². The van der Waals surface area contributed by atoms with Crippen LogP contribution in [0.15, 0.2) is 29.7 Å². The van der Waals surface area contributed by atoms with Crippen molar-refractivity contribution in [2.45, 2.75) is 12.8 Å². The SMILES string of the molecule is COc1cc(OC)cc(C2C(C#N)=C(N)Oc3n[nH]c(C)c32)c1. The molecule has 0 saturated heterocycles. The van der Waals surface area contributed by atoms with Crippen LogP contribution in [0.2, 0.25) is 0 Å². The Morgan fingerprint density at radius 1 is 1.26 bits per heavy atom. The smallest absolute Gasteiger partial charge is 0.244 e. The first-order valence-corrected chi connectivity index (χ1v) is 6.94. The van der Waals surface area contributed by atoms with Crippen LogP contribution in [0.25, 0.3) is 0 Å². The van der Waals surface area contributed by atoms with E-state index in [1.165, 1.54) is 0 Å². The maximum atomic E-state index is 9.54. The number of hydrogen-bond donors (Lipinski definition) is 2. The van der Waals surface area contributed by atoms with E-state index < -0.39 is 5.92 Å². The lowest BCUT2D eigenvalue weighted by molar-refractivity contribution is 0.377. The number of aryl methyl sites for hydroxylation is 1. The molecule has 0 spiro atoms. The number of nitrogens with zero attached hydrogens (tertiary/aromatic N) is 2. The third-order valence-electron chi connectivity index (χ3n) is 3.84. The number of methoxy groups -OCH3 is 2. The second-order valence-corrected chi connectivity index (χ2v) is 5.14. The molecule has 1 aromatic carbocycles. The van der Waals surface area contributed by atoms with Gasteiger partial charge in [-0.3, -0.25) is 5.10 Å². The molecule has 0 saturated carbocycles. The molecule has 118 valence electrons. The zero-order valence-corrected chi connectivity index (χ0v) is 13.0. The van der Waals surface area contributed by atoms with Crippen molar-refractivity contribution in [3.8, 4) is 23.4 Å². The molecule has 1 aromatic heterocycles. The molecule has 0 fully saturated rings. The van der Waals surface area contributed by atoms with Crippen LogP contribution in [-0.2, 0) is 0 Å². The summed E-state index contributed by atoms with van der Waals surface area (Å²) in [6, 6.07) is 7.60. The minimum atomic E-state index is -0.397. The van der Waals surface area contributed by atoms with Gasteiger partial charge in [-0.2, -0.15) is 5.26 Å². The Morgan fingerprint density at radius 3 is 2.48 bits per heavy atom. The number of aromatic amines is 1. The van der Waals surface area contributed by atoms with Gasteiger partial charge in [0, 0.05) is 17.3 Å². The first-order chi connectivity index (χ1) is 11.1. The van der Waals surface area contributed by atoms with Crippen molar-refractivity contribution in [3.63, 3.8) is 0 Å². The highest BCUT2D eigenvalue weighted by Crippen LogP contribution is 2.44. The molecular formula is C16H16N4O3. The van der Waals surface area contributed by atoms with Crippen LogP contribution in [0.5, 0.6) is 17.4 Å². The molecule has 0 amide bonds. The molecule has 2 heterocycles. The molecule has 1 aliphatic heterocycles. The number of rotatable bonds is 3. The number of allylic oxidation sites excluding steroid dienone is 1. The maximum absolute atomic E-state index is 9.54. The average molecular weight is 312 g/mol. The lowest BCUT2D eigenvalue weighted by Crippen LogP contribution is -2.21. The van der Waals surface area contributed by atoms with Crippen LogP contribution in [-0.4, -0.2) is 24.4 Å². The van der Waals surface area contributed by atoms with Crippen LogP contribution in [0.1, 0.15) is 22.7 Å². The van der Waals surface area contributed by atoms with Gasteiger partial charge < -0.3 is 19.9 Å². The van der Waals surface area contributed by atoms with E-state index in [1.807, 2.05) is 19.1 Å². The first-order valence-electron chi connectivity index (χ1n) is 6.94. The van der Waals surface area contributed by atoms with Gasteiger partial charge in [0.2, 0.25) is 11.8 Å². The minimum Gasteiger partial charge on any atom is -0.497 e. The Kier molecular flexibility index (Phi) is 3.58. The summed E-state index contributed by atoms with van der Waals surface area (Å²) in [5.74, 6) is 1.30. The van der Waals surface area contributed by atoms with Gasteiger partial charge in [0.1, 0.15) is 23.1 Å². The van der Waals surface area contributed by atoms with E-state index >= 15 is 0 Å². The molecule has 7 heteroatoms.